The number of aryl methyl sites for hydroxylation is 1. The zero-order valence-electron chi connectivity index (χ0n) is 10.4. The predicted octanol–water partition coefficient (Wildman–Crippen LogP) is 3.78. The SMILES string of the molecule is Cc1csc(NC(=O)C2(c3cccc(Cl)c3)CC2)n1. The molecule has 0 unspecified atom stereocenters. The van der Waals surface area contributed by atoms with Gasteiger partial charge in [0.1, 0.15) is 0 Å². The van der Waals surface area contributed by atoms with E-state index in [0.29, 0.717) is 10.2 Å². The Balaban J connectivity index is 1.83. The fourth-order valence-corrected chi connectivity index (χ4v) is 3.06. The highest BCUT2D eigenvalue weighted by Crippen LogP contribution is 2.49. The van der Waals surface area contributed by atoms with Gasteiger partial charge in [-0.05, 0) is 37.5 Å². The van der Waals surface area contributed by atoms with Crippen molar-refractivity contribution < 1.29 is 4.79 Å². The number of hydrogen-bond acceptors (Lipinski definition) is 3. The van der Waals surface area contributed by atoms with Gasteiger partial charge in [0.2, 0.25) is 5.91 Å². The molecule has 19 heavy (non-hydrogen) atoms. The average molecular weight is 293 g/mol. The summed E-state index contributed by atoms with van der Waals surface area (Å²) in [7, 11) is 0. The normalized spacial score (nSPS) is 16.1. The molecule has 1 aliphatic rings. The van der Waals surface area contributed by atoms with Gasteiger partial charge in [0.05, 0.1) is 11.1 Å². The number of halogens is 1. The summed E-state index contributed by atoms with van der Waals surface area (Å²) in [6.45, 7) is 1.91. The Kier molecular flexibility index (Phi) is 3.07. The molecule has 1 aromatic carbocycles. The number of carbonyl (C=O) groups excluding carboxylic acids is 1. The molecule has 3 nitrogen and oxygen atoms in total. The maximum atomic E-state index is 12.4. The second kappa shape index (κ2) is 4.62. The molecule has 0 spiro atoms. The van der Waals surface area contributed by atoms with Crippen molar-refractivity contribution in [3.63, 3.8) is 0 Å². The summed E-state index contributed by atoms with van der Waals surface area (Å²) in [5.41, 5.74) is 1.50. The number of nitrogens with zero attached hydrogens (tertiary/aromatic N) is 1. The topological polar surface area (TPSA) is 42.0 Å². The predicted molar refractivity (Wildman–Crippen MR) is 77.8 cm³/mol. The lowest BCUT2D eigenvalue weighted by Gasteiger charge is -2.14. The van der Waals surface area contributed by atoms with Crippen LogP contribution in [0.2, 0.25) is 5.02 Å². The second-order valence-corrected chi connectivity index (χ2v) is 6.14. The third-order valence-electron chi connectivity index (χ3n) is 3.40. The third-order valence-corrected chi connectivity index (χ3v) is 4.51. The molecule has 0 saturated heterocycles. The zero-order chi connectivity index (χ0) is 13.5. The molecule has 3 rings (SSSR count). The van der Waals surface area contributed by atoms with Crippen LogP contribution in [0, 0.1) is 6.92 Å². The van der Waals surface area contributed by atoms with Crippen LogP contribution in [0.15, 0.2) is 29.6 Å². The van der Waals surface area contributed by atoms with E-state index in [1.807, 2.05) is 36.6 Å². The quantitative estimate of drug-likeness (QED) is 0.935. The van der Waals surface area contributed by atoms with Gasteiger partial charge < -0.3 is 5.32 Å². The number of carbonyl (C=O) groups is 1. The smallest absolute Gasteiger partial charge is 0.236 e. The molecular formula is C14H13ClN2OS. The van der Waals surface area contributed by atoms with Crippen molar-refractivity contribution in [2.75, 3.05) is 5.32 Å². The Hall–Kier alpha value is -1.39. The molecule has 2 aromatic rings. The van der Waals surface area contributed by atoms with Gasteiger partial charge in [-0.2, -0.15) is 0 Å². The molecule has 1 saturated carbocycles. The van der Waals surface area contributed by atoms with Crippen molar-refractivity contribution in [1.82, 2.24) is 4.98 Å². The van der Waals surface area contributed by atoms with Crippen molar-refractivity contribution in [3.05, 3.63) is 45.9 Å². The number of thiazole rings is 1. The molecule has 1 amide bonds. The molecular weight excluding hydrogens is 280 g/mol. The molecule has 1 N–H and O–H groups in total. The molecule has 1 fully saturated rings. The summed E-state index contributed by atoms with van der Waals surface area (Å²) >= 11 is 7.46. The van der Waals surface area contributed by atoms with Gasteiger partial charge in [0.15, 0.2) is 5.13 Å². The standard InChI is InChI=1S/C14H13ClN2OS/c1-9-8-19-13(16-9)17-12(18)14(5-6-14)10-3-2-4-11(15)7-10/h2-4,7-8H,5-6H2,1H3,(H,16,17,18). The number of nitrogens with one attached hydrogen (secondary N) is 1. The molecule has 1 aliphatic carbocycles. The van der Waals surface area contributed by atoms with E-state index in [4.69, 9.17) is 11.6 Å². The van der Waals surface area contributed by atoms with Crippen LogP contribution >= 0.6 is 22.9 Å². The number of hydrogen-bond donors (Lipinski definition) is 1. The first kappa shape index (κ1) is 12.6. The summed E-state index contributed by atoms with van der Waals surface area (Å²) in [5.74, 6) is 0.0177. The number of benzene rings is 1. The molecule has 1 heterocycles. The van der Waals surface area contributed by atoms with Gasteiger partial charge in [-0.25, -0.2) is 4.98 Å². The van der Waals surface area contributed by atoms with Gasteiger partial charge in [0, 0.05) is 10.4 Å². The summed E-state index contributed by atoms with van der Waals surface area (Å²) in [6, 6.07) is 7.55. The maximum absolute atomic E-state index is 12.4. The number of amides is 1. The Bertz CT molecular complexity index is 634. The summed E-state index contributed by atoms with van der Waals surface area (Å²) in [6.07, 6.45) is 1.73. The van der Waals surface area contributed by atoms with E-state index in [1.54, 1.807) is 0 Å². The van der Waals surface area contributed by atoms with Crippen molar-refractivity contribution >= 4 is 34.0 Å². The minimum absolute atomic E-state index is 0.0177. The largest absolute Gasteiger partial charge is 0.301 e. The van der Waals surface area contributed by atoms with E-state index in [2.05, 4.69) is 10.3 Å². The van der Waals surface area contributed by atoms with Crippen LogP contribution in [0.3, 0.4) is 0 Å². The zero-order valence-corrected chi connectivity index (χ0v) is 12.0. The minimum atomic E-state index is -0.412. The Labute approximate surface area is 120 Å². The van der Waals surface area contributed by atoms with E-state index in [1.165, 1.54) is 11.3 Å². The highest BCUT2D eigenvalue weighted by molar-refractivity contribution is 7.13. The number of aromatic nitrogens is 1. The van der Waals surface area contributed by atoms with Crippen LogP contribution in [0.5, 0.6) is 0 Å². The van der Waals surface area contributed by atoms with Gasteiger partial charge in [-0.1, -0.05) is 23.7 Å². The number of anilines is 1. The summed E-state index contributed by atoms with van der Waals surface area (Å²) < 4.78 is 0. The van der Waals surface area contributed by atoms with Crippen molar-refractivity contribution in [3.8, 4) is 0 Å². The highest BCUT2D eigenvalue weighted by atomic mass is 35.5. The average Bonchev–Trinajstić information content (AvgIpc) is 3.09. The first-order valence-electron chi connectivity index (χ1n) is 6.10. The van der Waals surface area contributed by atoms with Crippen LogP contribution in [-0.4, -0.2) is 10.9 Å². The van der Waals surface area contributed by atoms with Gasteiger partial charge >= 0.3 is 0 Å². The van der Waals surface area contributed by atoms with E-state index < -0.39 is 5.41 Å². The van der Waals surface area contributed by atoms with Crippen molar-refractivity contribution in [2.24, 2.45) is 0 Å². The van der Waals surface area contributed by atoms with Crippen LogP contribution < -0.4 is 5.32 Å². The van der Waals surface area contributed by atoms with Crippen LogP contribution in [0.1, 0.15) is 24.1 Å². The molecule has 1 aromatic heterocycles. The Morgan fingerprint density at radius 2 is 2.26 bits per heavy atom. The first-order chi connectivity index (χ1) is 9.10. The molecule has 0 bridgehead atoms. The molecule has 0 aliphatic heterocycles. The van der Waals surface area contributed by atoms with Gasteiger partial charge in [0.25, 0.3) is 0 Å². The third kappa shape index (κ3) is 2.38. The van der Waals surface area contributed by atoms with E-state index in [9.17, 15) is 4.79 Å². The lowest BCUT2D eigenvalue weighted by atomic mass is 9.95. The van der Waals surface area contributed by atoms with Crippen LogP contribution in [0.25, 0.3) is 0 Å². The molecule has 98 valence electrons. The molecule has 0 atom stereocenters. The first-order valence-corrected chi connectivity index (χ1v) is 7.35. The van der Waals surface area contributed by atoms with E-state index in [-0.39, 0.29) is 5.91 Å². The van der Waals surface area contributed by atoms with Crippen LogP contribution in [0.4, 0.5) is 5.13 Å². The highest BCUT2D eigenvalue weighted by Gasteiger charge is 2.51. The van der Waals surface area contributed by atoms with Crippen molar-refractivity contribution in [2.45, 2.75) is 25.2 Å². The van der Waals surface area contributed by atoms with E-state index in [0.717, 1.165) is 24.1 Å². The van der Waals surface area contributed by atoms with Gasteiger partial charge in [-0.3, -0.25) is 4.79 Å². The monoisotopic (exact) mass is 292 g/mol. The minimum Gasteiger partial charge on any atom is -0.301 e. The van der Waals surface area contributed by atoms with Gasteiger partial charge in [-0.15, -0.1) is 11.3 Å². The maximum Gasteiger partial charge on any atom is 0.236 e. The van der Waals surface area contributed by atoms with E-state index >= 15 is 0 Å². The fourth-order valence-electron chi connectivity index (χ4n) is 2.19. The second-order valence-electron chi connectivity index (χ2n) is 4.84. The fraction of sp³-hybridized carbons (Fsp3) is 0.286. The molecule has 5 heteroatoms. The Morgan fingerprint density at radius 1 is 1.47 bits per heavy atom. The summed E-state index contributed by atoms with van der Waals surface area (Å²) in [5, 5.41) is 6.17. The Morgan fingerprint density at radius 3 is 2.84 bits per heavy atom. The lowest BCUT2D eigenvalue weighted by molar-refractivity contribution is -0.118. The molecule has 0 radical (unpaired) electrons. The van der Waals surface area contributed by atoms with Crippen LogP contribution in [-0.2, 0) is 10.2 Å². The summed E-state index contributed by atoms with van der Waals surface area (Å²) in [4.78, 5) is 16.7. The van der Waals surface area contributed by atoms with Crippen molar-refractivity contribution in [1.29, 1.82) is 0 Å². The lowest BCUT2D eigenvalue weighted by Crippen LogP contribution is -2.27. The number of rotatable bonds is 3.